The van der Waals surface area contributed by atoms with E-state index < -0.39 is 0 Å². The van der Waals surface area contributed by atoms with Crippen LogP contribution in [0.25, 0.3) is 0 Å². The lowest BCUT2D eigenvalue weighted by Gasteiger charge is -2.07. The van der Waals surface area contributed by atoms with E-state index in [1.165, 1.54) is 93.4 Å². The molecule has 0 nitrogen and oxygen atoms in total. The van der Waals surface area contributed by atoms with Gasteiger partial charge in [0.05, 0.1) is 0 Å². The van der Waals surface area contributed by atoms with E-state index in [4.69, 9.17) is 46.4 Å². The van der Waals surface area contributed by atoms with E-state index in [0.717, 1.165) is 59.0 Å². The second-order valence-electron chi connectivity index (χ2n) is 38.0. The summed E-state index contributed by atoms with van der Waals surface area (Å²) >= 11 is 30.6. The van der Waals surface area contributed by atoms with E-state index in [1.54, 1.807) is 37.3 Å². The quantitative estimate of drug-likeness (QED) is 0.101. The van der Waals surface area contributed by atoms with Crippen molar-refractivity contribution >= 4 is 78.3 Å². The van der Waals surface area contributed by atoms with Gasteiger partial charge in [-0.25, -0.2) is 17.6 Å². The van der Waals surface area contributed by atoms with Crippen molar-refractivity contribution in [2.75, 3.05) is 0 Å². The van der Waals surface area contributed by atoms with Crippen molar-refractivity contribution in [3.05, 3.63) is 455 Å². The van der Waals surface area contributed by atoms with Crippen molar-refractivity contribution in [2.45, 2.75) is 320 Å². The molecule has 136 heavy (non-hydrogen) atoms. The Balaban J connectivity index is 0. The zero-order valence-corrected chi connectivity index (χ0v) is 93.2. The zero-order chi connectivity index (χ0) is 102. The Morgan fingerprint density at radius 2 is 0.507 bits per heavy atom. The van der Waals surface area contributed by atoms with E-state index in [0.29, 0.717) is 65.1 Å². The van der Waals surface area contributed by atoms with Gasteiger partial charge in [-0.1, -0.05) is 502 Å². The number of rotatable bonds is 13. The molecule has 13 aromatic rings. The van der Waals surface area contributed by atoms with Gasteiger partial charge in [0.25, 0.3) is 0 Å². The Labute approximate surface area is 863 Å². The molecule has 0 fully saturated rings. The molecule has 0 aliphatic rings. The van der Waals surface area contributed by atoms with Gasteiger partial charge in [-0.3, -0.25) is 0 Å². The average molecular weight is 2060 g/mol. The van der Waals surface area contributed by atoms with Crippen LogP contribution in [0.15, 0.2) is 300 Å². The monoisotopic (exact) mass is 2060 g/mol. The summed E-state index contributed by atoms with van der Waals surface area (Å²) in [6.07, 6.45) is 0. The van der Waals surface area contributed by atoms with Gasteiger partial charge in [0.15, 0.2) is 0 Å². The minimum atomic E-state index is -0.147. The lowest BCUT2D eigenvalue weighted by atomic mass is 10.0. The lowest BCUT2D eigenvalue weighted by molar-refractivity contribution is 0.597. The SMILES string of the molecule is C.C.CC(C)c1cccc(Br)c1.CC(C)c1cccc(Cl)c1.CC(C)c1cccc(F)c1.CC(C)c1ccccc1Br.CC(C)c1ccccc1Cl.CC(C)c1ccccc1F.Cc1ccc(C(C)C)c(Cl)c1.Cc1ccc(C(C)C)c(F)c1.Cc1ccc(C(C)C)cc1.Cc1ccc(C(C)C)cc1.Cc1ccc(C(C)C)cc1.Cc1ccc(C(C)C)cc1Cl.Cc1ccc(C(C)C)cc1F. The van der Waals surface area contributed by atoms with Crippen LogP contribution in [0.1, 0.15) is 383 Å². The molecule has 0 heterocycles. The molecule has 0 radical (unpaired) electrons. The first-order valence-electron chi connectivity index (χ1n) is 47.5. The minimum Gasteiger partial charge on any atom is -0.207 e. The summed E-state index contributed by atoms with van der Waals surface area (Å²) in [6.45, 7) is 69.6. The number of hydrogen-bond donors (Lipinski definition) is 0. The van der Waals surface area contributed by atoms with Gasteiger partial charge in [0, 0.05) is 29.0 Å². The normalized spacial score (nSPS) is 10.3. The maximum atomic E-state index is 13.1. The Morgan fingerprint density at radius 3 is 0.816 bits per heavy atom. The Kier molecular flexibility index (Phi) is 67.1. The van der Waals surface area contributed by atoms with E-state index >= 15 is 0 Å². The van der Waals surface area contributed by atoms with Gasteiger partial charge in [0.1, 0.15) is 23.3 Å². The molecule has 0 saturated heterocycles. The first-order valence-corrected chi connectivity index (χ1v) is 50.6. The molecule has 0 aliphatic carbocycles. The minimum absolute atomic E-state index is 0. The van der Waals surface area contributed by atoms with Crippen LogP contribution in [0.5, 0.6) is 0 Å². The lowest BCUT2D eigenvalue weighted by Crippen LogP contribution is -1.92. The molecule has 0 bridgehead atoms. The number of aryl methyl sites for hydroxylation is 7. The molecule has 0 spiro atoms. The predicted molar refractivity (Wildman–Crippen MR) is 609 cm³/mol. The molecule has 742 valence electrons. The molecule has 10 heteroatoms. The number of hydrogen-bond acceptors (Lipinski definition) is 0. The molecule has 13 rings (SSSR count). The maximum absolute atomic E-state index is 13.1. The molecular weight excluding hydrogens is 1890 g/mol. The largest absolute Gasteiger partial charge is 0.207 e. The van der Waals surface area contributed by atoms with E-state index in [9.17, 15) is 17.6 Å². The molecule has 13 aromatic carbocycles. The summed E-state index contributed by atoms with van der Waals surface area (Å²) in [6, 6.07) is 95.7. The van der Waals surface area contributed by atoms with Gasteiger partial charge in [-0.15, -0.1) is 0 Å². The fraction of sp³-hybridized carbons (Fsp3) is 0.381. The van der Waals surface area contributed by atoms with Gasteiger partial charge in [-0.05, 0) is 299 Å². The molecule has 0 amide bonds. The van der Waals surface area contributed by atoms with Crippen molar-refractivity contribution < 1.29 is 17.6 Å². The fourth-order valence-corrected chi connectivity index (χ4v) is 14.8. The second kappa shape index (κ2) is 70.3. The smallest absolute Gasteiger partial charge is 0.126 e. The summed E-state index contributed by atoms with van der Waals surface area (Å²) in [7, 11) is 0. The summed E-state index contributed by atoms with van der Waals surface area (Å²) in [5.74, 6) is 6.30. The van der Waals surface area contributed by atoms with Crippen LogP contribution in [-0.2, 0) is 0 Å². The predicted octanol–water partition coefficient (Wildman–Crippen LogP) is 44.7. The van der Waals surface area contributed by atoms with Crippen LogP contribution in [-0.4, -0.2) is 0 Å². The molecular formula is C126H168Br2Cl4F4. The van der Waals surface area contributed by atoms with Crippen molar-refractivity contribution in [3.8, 4) is 0 Å². The van der Waals surface area contributed by atoms with E-state index in [1.807, 2.05) is 145 Å². The van der Waals surface area contributed by atoms with Gasteiger partial charge in [-0.2, -0.15) is 0 Å². The van der Waals surface area contributed by atoms with Crippen LogP contribution in [0, 0.1) is 71.7 Å². The molecule has 0 aliphatic heterocycles. The van der Waals surface area contributed by atoms with Crippen molar-refractivity contribution in [1.82, 2.24) is 0 Å². The first kappa shape index (κ1) is 130. The average Bonchev–Trinajstić information content (AvgIpc) is 0.868. The summed E-state index contributed by atoms with van der Waals surface area (Å²) in [5.41, 5.74) is 23.9. The highest BCUT2D eigenvalue weighted by atomic mass is 79.9. The third kappa shape index (κ3) is 54.9. The number of halogens is 10. The third-order valence-corrected chi connectivity index (χ3v) is 24.2. The highest BCUT2D eigenvalue weighted by Crippen LogP contribution is 2.30. The standard InChI is InChI=1S/2C10H13Cl.2C10H13F.3C10H14.2C9H11Br.2C9H11Cl.2C9H11F.2CH4/c1-7(2)9-5-4-8(3)10(11)6-9;1-7(2)9-5-4-8(3)6-10(9)11;1-7(2)9-5-4-8(3)10(11)6-9;1-7(2)9-5-4-8(3)6-10(9)11;3*1-8(2)10-6-4-9(3)5-7-10;1-7(2)8-4-3-5-9(10)6-8;1-7(2)8-5-3-4-6-9(8)10;1-7(2)8-4-3-5-9(10)6-8;1-7(2)8-5-3-4-6-9(8)10;1-7(2)8-4-3-5-9(10)6-8;1-7(2)8-5-3-4-6-9(8)10;;/h4*4-7H,1-3H3;3*4-8H,1-3H3;6*3-7H,1-2H3;2*1H4. The van der Waals surface area contributed by atoms with Crippen LogP contribution in [0.2, 0.25) is 20.1 Å². The highest BCUT2D eigenvalue weighted by molar-refractivity contribution is 9.10. The maximum Gasteiger partial charge on any atom is 0.126 e. The van der Waals surface area contributed by atoms with E-state index in [2.05, 4.69) is 357 Å². The van der Waals surface area contributed by atoms with Crippen molar-refractivity contribution in [1.29, 1.82) is 0 Å². The highest BCUT2D eigenvalue weighted by Gasteiger charge is 2.11. The van der Waals surface area contributed by atoms with Crippen LogP contribution in [0.4, 0.5) is 17.6 Å². The van der Waals surface area contributed by atoms with Crippen molar-refractivity contribution in [3.63, 3.8) is 0 Å². The van der Waals surface area contributed by atoms with Gasteiger partial charge in [0.2, 0.25) is 0 Å². The summed E-state index contributed by atoms with van der Waals surface area (Å²) < 4.78 is 53.8. The van der Waals surface area contributed by atoms with Crippen LogP contribution >= 0.6 is 78.3 Å². The zero-order valence-electron chi connectivity index (χ0n) is 87.0. The van der Waals surface area contributed by atoms with E-state index in [-0.39, 0.29) is 50.0 Å². The Hall–Kier alpha value is -8.30. The molecule has 0 unspecified atom stereocenters. The first-order chi connectivity index (χ1) is 62.8. The van der Waals surface area contributed by atoms with Crippen LogP contribution < -0.4 is 0 Å². The van der Waals surface area contributed by atoms with Gasteiger partial charge < -0.3 is 0 Å². The molecule has 0 atom stereocenters. The van der Waals surface area contributed by atoms with Crippen LogP contribution in [0.3, 0.4) is 0 Å². The fourth-order valence-electron chi connectivity index (χ4n) is 12.4. The molecule has 0 saturated carbocycles. The molecule has 0 aromatic heterocycles. The Morgan fingerprint density at radius 1 is 0.199 bits per heavy atom. The third-order valence-electron chi connectivity index (χ3n) is 21.6. The summed E-state index contributed by atoms with van der Waals surface area (Å²) in [5, 5.41) is 3.46. The van der Waals surface area contributed by atoms with Crippen molar-refractivity contribution in [2.24, 2.45) is 0 Å². The topological polar surface area (TPSA) is 0 Å². The van der Waals surface area contributed by atoms with Gasteiger partial charge >= 0.3 is 0 Å². The second-order valence-corrected chi connectivity index (χ2v) is 41.5. The molecule has 0 N–H and O–H groups in total. The summed E-state index contributed by atoms with van der Waals surface area (Å²) in [4.78, 5) is 0. The number of benzene rings is 13. The Bertz CT molecular complexity index is 4900.